The Balaban J connectivity index is 2.22. The zero-order valence-electron chi connectivity index (χ0n) is 10.1. The first-order valence-electron chi connectivity index (χ1n) is 5.72. The second-order valence-corrected chi connectivity index (χ2v) is 4.32. The monoisotopic (exact) mass is 274 g/mol. The van der Waals surface area contributed by atoms with Crippen LogP contribution in [0.3, 0.4) is 0 Å². The number of para-hydroxylation sites is 1. The molecule has 1 aliphatic rings. The topological polar surface area (TPSA) is 130 Å². The van der Waals surface area contributed by atoms with Crippen LogP contribution in [-0.4, -0.2) is 31.8 Å². The number of nitrogens with zero attached hydrogens (tertiary/aromatic N) is 2. The second kappa shape index (κ2) is 3.98. The van der Waals surface area contributed by atoms with Gasteiger partial charge >= 0.3 is 0 Å². The predicted octanol–water partition coefficient (Wildman–Crippen LogP) is -0.322. The van der Waals surface area contributed by atoms with Gasteiger partial charge in [0.15, 0.2) is 11.5 Å². The molecular formula is C12H10N4O4. The fourth-order valence-electron chi connectivity index (χ4n) is 2.11. The molecule has 0 fully saturated rings. The van der Waals surface area contributed by atoms with Gasteiger partial charge in [0, 0.05) is 0 Å². The minimum absolute atomic E-state index is 0.00843. The summed E-state index contributed by atoms with van der Waals surface area (Å²) in [6, 6.07) is 4.27. The van der Waals surface area contributed by atoms with E-state index >= 15 is 0 Å². The van der Waals surface area contributed by atoms with Crippen molar-refractivity contribution in [3.63, 3.8) is 0 Å². The number of rotatable bonds is 1. The van der Waals surface area contributed by atoms with Gasteiger partial charge in [0.2, 0.25) is 5.91 Å². The second-order valence-electron chi connectivity index (χ2n) is 4.32. The summed E-state index contributed by atoms with van der Waals surface area (Å²) in [5, 5.41) is 25.5. The summed E-state index contributed by atoms with van der Waals surface area (Å²) in [7, 11) is 0. The third-order valence-electron chi connectivity index (χ3n) is 3.02. The van der Waals surface area contributed by atoms with Gasteiger partial charge in [-0.1, -0.05) is 6.07 Å². The average molecular weight is 274 g/mol. The molecule has 0 atom stereocenters. The van der Waals surface area contributed by atoms with Crippen molar-refractivity contribution in [1.29, 1.82) is 0 Å². The summed E-state index contributed by atoms with van der Waals surface area (Å²) >= 11 is 0. The van der Waals surface area contributed by atoms with E-state index in [1.165, 1.54) is 18.2 Å². The summed E-state index contributed by atoms with van der Waals surface area (Å²) in [4.78, 5) is 23.0. The molecule has 5 N–H and O–H groups in total. The molecule has 0 spiro atoms. The van der Waals surface area contributed by atoms with Crippen molar-refractivity contribution in [1.82, 2.24) is 15.1 Å². The Morgan fingerprint density at radius 1 is 1.30 bits per heavy atom. The fourth-order valence-corrected chi connectivity index (χ4v) is 2.11. The van der Waals surface area contributed by atoms with Crippen LogP contribution < -0.4 is 11.1 Å². The summed E-state index contributed by atoms with van der Waals surface area (Å²) in [6.45, 7) is 0. The number of carbonyl (C=O) groups is 2. The molecule has 2 aromatic rings. The Labute approximate surface area is 112 Å². The highest BCUT2D eigenvalue weighted by molar-refractivity contribution is 6.11. The summed E-state index contributed by atoms with van der Waals surface area (Å²) < 4.78 is 1.12. The molecule has 2 heterocycles. The predicted molar refractivity (Wildman–Crippen MR) is 67.5 cm³/mol. The first-order valence-corrected chi connectivity index (χ1v) is 5.72. The number of nitrogen functional groups attached to an aromatic ring is 1. The molecule has 0 bridgehead atoms. The molecule has 2 amide bonds. The number of hydrogen-bond acceptors (Lipinski definition) is 6. The number of carbonyl (C=O) groups excluding carboxylic acids is 2. The highest BCUT2D eigenvalue weighted by atomic mass is 16.3. The number of phenolic OH excluding ortho intramolecular Hbond substituents is 2. The number of hydrogen-bond donors (Lipinski definition) is 4. The molecule has 1 aromatic carbocycles. The highest BCUT2D eigenvalue weighted by Crippen LogP contribution is 2.34. The van der Waals surface area contributed by atoms with Gasteiger partial charge in [0.25, 0.3) is 5.91 Å². The maximum atomic E-state index is 11.7. The quantitative estimate of drug-likeness (QED) is 0.416. The molecule has 0 unspecified atom stereocenters. The van der Waals surface area contributed by atoms with Crippen molar-refractivity contribution in [3.8, 4) is 17.2 Å². The highest BCUT2D eigenvalue weighted by Gasteiger charge is 2.30. The van der Waals surface area contributed by atoms with Gasteiger partial charge in [-0.05, 0) is 12.1 Å². The van der Waals surface area contributed by atoms with Crippen LogP contribution in [0.5, 0.6) is 11.5 Å². The van der Waals surface area contributed by atoms with E-state index in [1.54, 1.807) is 0 Å². The standard InChI is InChI=1S/C12H10N4O4/c13-11-9-5(4-8(18)14-12(9)20)15-16(11)6-2-1-3-7(17)10(6)19/h1-3,17,19H,4,13H2,(H,14,18,20). The van der Waals surface area contributed by atoms with Gasteiger partial charge in [-0.25, -0.2) is 4.68 Å². The van der Waals surface area contributed by atoms with Crippen LogP contribution in [0.4, 0.5) is 5.82 Å². The van der Waals surface area contributed by atoms with Gasteiger partial charge in [-0.2, -0.15) is 5.10 Å². The Hall–Kier alpha value is -3.03. The van der Waals surface area contributed by atoms with E-state index in [-0.39, 0.29) is 34.9 Å². The number of imide groups is 1. The molecule has 1 aromatic heterocycles. The summed E-state index contributed by atoms with van der Waals surface area (Å²) in [5.74, 6) is -1.85. The lowest BCUT2D eigenvalue weighted by atomic mass is 10.1. The first kappa shape index (κ1) is 12.0. The molecule has 102 valence electrons. The van der Waals surface area contributed by atoms with Crippen LogP contribution in [0, 0.1) is 0 Å². The number of amides is 2. The number of benzene rings is 1. The van der Waals surface area contributed by atoms with Crippen molar-refractivity contribution < 1.29 is 19.8 Å². The number of phenols is 2. The maximum Gasteiger partial charge on any atom is 0.263 e. The fraction of sp³-hybridized carbons (Fsp3) is 0.0833. The smallest absolute Gasteiger partial charge is 0.263 e. The van der Waals surface area contributed by atoms with Crippen molar-refractivity contribution in [2.24, 2.45) is 0 Å². The Bertz CT molecular complexity index is 750. The van der Waals surface area contributed by atoms with Gasteiger partial charge in [0.05, 0.1) is 12.1 Å². The SMILES string of the molecule is Nc1c2c(nn1-c1cccc(O)c1O)CC(=O)NC2=O. The third-order valence-corrected chi connectivity index (χ3v) is 3.02. The molecule has 0 saturated carbocycles. The number of nitrogens with one attached hydrogen (secondary N) is 1. The maximum absolute atomic E-state index is 11.7. The van der Waals surface area contributed by atoms with Gasteiger partial charge in [-0.15, -0.1) is 0 Å². The van der Waals surface area contributed by atoms with E-state index in [2.05, 4.69) is 10.4 Å². The Morgan fingerprint density at radius 2 is 2.05 bits per heavy atom. The number of aromatic nitrogens is 2. The van der Waals surface area contributed by atoms with Crippen LogP contribution in [0.1, 0.15) is 16.1 Å². The van der Waals surface area contributed by atoms with Crippen molar-refractivity contribution >= 4 is 17.6 Å². The zero-order chi connectivity index (χ0) is 14.4. The number of fused-ring (bicyclic) bond motifs is 1. The van der Waals surface area contributed by atoms with Crippen molar-refractivity contribution in [3.05, 3.63) is 29.5 Å². The molecule has 8 nitrogen and oxygen atoms in total. The van der Waals surface area contributed by atoms with Gasteiger partial charge in [0.1, 0.15) is 17.1 Å². The summed E-state index contributed by atoms with van der Waals surface area (Å²) in [6.07, 6.45) is -0.0716. The zero-order valence-corrected chi connectivity index (χ0v) is 10.1. The molecule has 20 heavy (non-hydrogen) atoms. The van der Waals surface area contributed by atoms with Gasteiger partial charge in [-0.3, -0.25) is 14.9 Å². The average Bonchev–Trinajstić information content (AvgIpc) is 2.70. The molecular weight excluding hydrogens is 264 g/mol. The Morgan fingerprint density at radius 3 is 2.80 bits per heavy atom. The number of aromatic hydroxyl groups is 2. The lowest BCUT2D eigenvalue weighted by Gasteiger charge is -2.09. The lowest BCUT2D eigenvalue weighted by Crippen LogP contribution is -2.37. The normalized spacial score (nSPS) is 14.0. The largest absolute Gasteiger partial charge is 0.504 e. The lowest BCUT2D eigenvalue weighted by molar-refractivity contribution is -0.119. The van der Waals surface area contributed by atoms with Crippen molar-refractivity contribution in [2.45, 2.75) is 6.42 Å². The molecule has 0 radical (unpaired) electrons. The summed E-state index contributed by atoms with van der Waals surface area (Å²) in [5.41, 5.74) is 6.31. The van der Waals surface area contributed by atoms with Crippen LogP contribution in [0.15, 0.2) is 18.2 Å². The van der Waals surface area contributed by atoms with E-state index in [0.717, 1.165) is 4.68 Å². The minimum atomic E-state index is -0.625. The third kappa shape index (κ3) is 1.58. The van der Waals surface area contributed by atoms with Crippen LogP contribution >= 0.6 is 0 Å². The van der Waals surface area contributed by atoms with E-state index in [0.29, 0.717) is 0 Å². The molecule has 3 rings (SSSR count). The minimum Gasteiger partial charge on any atom is -0.504 e. The van der Waals surface area contributed by atoms with Crippen LogP contribution in [0.25, 0.3) is 5.69 Å². The van der Waals surface area contributed by atoms with E-state index in [9.17, 15) is 19.8 Å². The number of anilines is 1. The van der Waals surface area contributed by atoms with Crippen LogP contribution in [0.2, 0.25) is 0 Å². The Kier molecular flexibility index (Phi) is 2.40. The molecule has 8 heteroatoms. The van der Waals surface area contributed by atoms with E-state index < -0.39 is 17.6 Å². The van der Waals surface area contributed by atoms with Gasteiger partial charge < -0.3 is 15.9 Å². The molecule has 0 saturated heterocycles. The number of nitrogens with two attached hydrogens (primary N) is 1. The first-order chi connectivity index (χ1) is 9.49. The van der Waals surface area contributed by atoms with Crippen LogP contribution in [-0.2, 0) is 11.2 Å². The van der Waals surface area contributed by atoms with E-state index in [1.807, 2.05) is 0 Å². The molecule has 0 aliphatic carbocycles. The van der Waals surface area contributed by atoms with Crippen molar-refractivity contribution in [2.75, 3.05) is 5.73 Å². The van der Waals surface area contributed by atoms with E-state index in [4.69, 9.17) is 5.73 Å². The molecule has 1 aliphatic heterocycles.